The molecule has 1 N–H and O–H groups in total. The maximum atomic E-state index is 5.65. The summed E-state index contributed by atoms with van der Waals surface area (Å²) in [5, 5.41) is 3.54. The van der Waals surface area contributed by atoms with Gasteiger partial charge in [-0.15, -0.1) is 0 Å². The monoisotopic (exact) mass is 229 g/mol. The molecule has 1 aliphatic rings. The largest absolute Gasteiger partial charge is 0.381 e. The summed E-state index contributed by atoms with van der Waals surface area (Å²) < 4.78 is 11.0. The van der Waals surface area contributed by atoms with E-state index in [0.717, 1.165) is 39.4 Å². The van der Waals surface area contributed by atoms with Crippen LogP contribution in [0.1, 0.15) is 33.6 Å². The van der Waals surface area contributed by atoms with Gasteiger partial charge < -0.3 is 14.8 Å². The number of hydrogen-bond acceptors (Lipinski definition) is 3. The third-order valence-corrected chi connectivity index (χ3v) is 3.28. The lowest BCUT2D eigenvalue weighted by Gasteiger charge is -2.20. The smallest absolute Gasteiger partial charge is 0.0591 e. The zero-order chi connectivity index (χ0) is 11.8. The number of ether oxygens (including phenoxy) is 2. The third-order valence-electron chi connectivity index (χ3n) is 3.28. The van der Waals surface area contributed by atoms with Gasteiger partial charge in [0.2, 0.25) is 0 Å². The lowest BCUT2D eigenvalue weighted by molar-refractivity contribution is 0.0891. The second-order valence-electron chi connectivity index (χ2n) is 5.02. The second-order valence-corrected chi connectivity index (χ2v) is 5.02. The Morgan fingerprint density at radius 1 is 1.44 bits per heavy atom. The third kappa shape index (κ3) is 5.28. The van der Waals surface area contributed by atoms with E-state index in [0.29, 0.717) is 17.9 Å². The summed E-state index contributed by atoms with van der Waals surface area (Å²) in [5.41, 5.74) is 0. The van der Waals surface area contributed by atoms with Crippen LogP contribution in [0.25, 0.3) is 0 Å². The van der Waals surface area contributed by atoms with Crippen LogP contribution in [0, 0.1) is 11.8 Å². The normalized spacial score (nSPS) is 22.9. The summed E-state index contributed by atoms with van der Waals surface area (Å²) in [5.74, 6) is 1.33. The molecule has 3 nitrogen and oxygen atoms in total. The molecule has 0 aromatic rings. The van der Waals surface area contributed by atoms with Crippen molar-refractivity contribution in [1.29, 1.82) is 0 Å². The van der Waals surface area contributed by atoms with Crippen LogP contribution in [0.2, 0.25) is 0 Å². The van der Waals surface area contributed by atoms with E-state index in [1.54, 1.807) is 0 Å². The van der Waals surface area contributed by atoms with Crippen molar-refractivity contribution in [3.05, 3.63) is 0 Å². The number of nitrogens with one attached hydrogen (secondary N) is 1. The van der Waals surface area contributed by atoms with Crippen molar-refractivity contribution in [3.63, 3.8) is 0 Å². The van der Waals surface area contributed by atoms with E-state index in [1.165, 1.54) is 6.42 Å². The summed E-state index contributed by atoms with van der Waals surface area (Å²) in [4.78, 5) is 0. The molecule has 1 saturated heterocycles. The standard InChI is InChI=1S/C13H27NO2/c1-4-13(11(2)3)14-6-8-16-10-12-5-7-15-9-12/h11-14H,4-10H2,1-3H3. The van der Waals surface area contributed by atoms with Crippen LogP contribution in [-0.2, 0) is 9.47 Å². The molecular weight excluding hydrogens is 202 g/mol. The maximum Gasteiger partial charge on any atom is 0.0591 e. The van der Waals surface area contributed by atoms with Crippen molar-refractivity contribution < 1.29 is 9.47 Å². The topological polar surface area (TPSA) is 30.5 Å². The molecule has 1 fully saturated rings. The first-order valence-electron chi connectivity index (χ1n) is 6.63. The van der Waals surface area contributed by atoms with E-state index in [4.69, 9.17) is 9.47 Å². The number of rotatable bonds is 8. The predicted molar refractivity (Wildman–Crippen MR) is 66.7 cm³/mol. The average molecular weight is 229 g/mol. The Morgan fingerprint density at radius 3 is 2.81 bits per heavy atom. The first-order valence-corrected chi connectivity index (χ1v) is 6.63. The van der Waals surface area contributed by atoms with Crippen LogP contribution in [0.5, 0.6) is 0 Å². The molecule has 0 saturated carbocycles. The van der Waals surface area contributed by atoms with E-state index >= 15 is 0 Å². The van der Waals surface area contributed by atoms with E-state index < -0.39 is 0 Å². The zero-order valence-corrected chi connectivity index (χ0v) is 11.0. The van der Waals surface area contributed by atoms with Crippen LogP contribution >= 0.6 is 0 Å². The highest BCUT2D eigenvalue weighted by atomic mass is 16.5. The van der Waals surface area contributed by atoms with Crippen LogP contribution < -0.4 is 5.32 Å². The Kier molecular flexibility index (Phi) is 7.01. The SMILES string of the molecule is CCC(NCCOCC1CCOC1)C(C)C. The highest BCUT2D eigenvalue weighted by Gasteiger charge is 2.15. The molecule has 1 heterocycles. The fourth-order valence-corrected chi connectivity index (χ4v) is 2.13. The molecule has 0 radical (unpaired) electrons. The summed E-state index contributed by atoms with van der Waals surface area (Å²) in [6.07, 6.45) is 2.35. The Hall–Kier alpha value is -0.120. The molecular formula is C13H27NO2. The first-order chi connectivity index (χ1) is 7.74. The molecule has 0 aromatic heterocycles. The van der Waals surface area contributed by atoms with Gasteiger partial charge in [0.1, 0.15) is 0 Å². The molecule has 96 valence electrons. The van der Waals surface area contributed by atoms with Crippen molar-refractivity contribution in [1.82, 2.24) is 5.32 Å². The Bertz CT molecular complexity index is 167. The Labute approximate surface area is 99.9 Å². The minimum absolute atomic E-state index is 0.624. The van der Waals surface area contributed by atoms with Crippen molar-refractivity contribution in [2.24, 2.45) is 11.8 Å². The van der Waals surface area contributed by atoms with Crippen LogP contribution in [0.15, 0.2) is 0 Å². The van der Waals surface area contributed by atoms with Crippen molar-refractivity contribution in [2.75, 3.05) is 33.0 Å². The minimum atomic E-state index is 0.624. The van der Waals surface area contributed by atoms with Gasteiger partial charge in [0, 0.05) is 25.1 Å². The van der Waals surface area contributed by atoms with Crippen molar-refractivity contribution in [2.45, 2.75) is 39.7 Å². The molecule has 16 heavy (non-hydrogen) atoms. The fraction of sp³-hybridized carbons (Fsp3) is 1.00. The Balaban J connectivity index is 1.94. The minimum Gasteiger partial charge on any atom is -0.381 e. The zero-order valence-electron chi connectivity index (χ0n) is 11.0. The molecule has 1 aliphatic heterocycles. The second kappa shape index (κ2) is 8.04. The van der Waals surface area contributed by atoms with Gasteiger partial charge in [0.05, 0.1) is 19.8 Å². The van der Waals surface area contributed by atoms with Gasteiger partial charge in [-0.1, -0.05) is 20.8 Å². The lowest BCUT2D eigenvalue weighted by Crippen LogP contribution is -2.35. The van der Waals surface area contributed by atoms with E-state index in [9.17, 15) is 0 Å². The summed E-state index contributed by atoms with van der Waals surface area (Å²) in [6, 6.07) is 0.624. The highest BCUT2D eigenvalue weighted by molar-refractivity contribution is 4.68. The summed E-state index contributed by atoms with van der Waals surface area (Å²) >= 11 is 0. The molecule has 2 unspecified atom stereocenters. The van der Waals surface area contributed by atoms with Gasteiger partial charge in [-0.3, -0.25) is 0 Å². The number of hydrogen-bond donors (Lipinski definition) is 1. The van der Waals surface area contributed by atoms with Gasteiger partial charge in [-0.05, 0) is 18.8 Å². The molecule has 1 rings (SSSR count). The predicted octanol–water partition coefficient (Wildman–Crippen LogP) is 2.06. The average Bonchev–Trinajstić information content (AvgIpc) is 2.75. The lowest BCUT2D eigenvalue weighted by atomic mass is 10.0. The van der Waals surface area contributed by atoms with Crippen molar-refractivity contribution in [3.8, 4) is 0 Å². The molecule has 0 amide bonds. The fourth-order valence-electron chi connectivity index (χ4n) is 2.13. The molecule has 0 aliphatic carbocycles. The van der Waals surface area contributed by atoms with E-state index in [2.05, 4.69) is 26.1 Å². The Morgan fingerprint density at radius 2 is 2.25 bits per heavy atom. The van der Waals surface area contributed by atoms with Gasteiger partial charge in [-0.2, -0.15) is 0 Å². The van der Waals surface area contributed by atoms with E-state index in [-0.39, 0.29) is 0 Å². The van der Waals surface area contributed by atoms with Crippen LogP contribution in [0.4, 0.5) is 0 Å². The van der Waals surface area contributed by atoms with Gasteiger partial charge >= 0.3 is 0 Å². The quantitative estimate of drug-likeness (QED) is 0.646. The van der Waals surface area contributed by atoms with Gasteiger partial charge in [0.15, 0.2) is 0 Å². The molecule has 0 bridgehead atoms. The molecule has 0 spiro atoms. The summed E-state index contributed by atoms with van der Waals surface area (Å²) in [6.45, 7) is 11.2. The molecule has 0 aromatic carbocycles. The molecule has 3 heteroatoms. The van der Waals surface area contributed by atoms with Gasteiger partial charge in [-0.25, -0.2) is 0 Å². The van der Waals surface area contributed by atoms with Crippen LogP contribution in [-0.4, -0.2) is 39.0 Å². The first kappa shape index (κ1) is 13.9. The molecule has 2 atom stereocenters. The van der Waals surface area contributed by atoms with Gasteiger partial charge in [0.25, 0.3) is 0 Å². The van der Waals surface area contributed by atoms with E-state index in [1.807, 2.05) is 0 Å². The highest BCUT2D eigenvalue weighted by Crippen LogP contribution is 2.12. The maximum absolute atomic E-state index is 5.65. The van der Waals surface area contributed by atoms with Crippen molar-refractivity contribution >= 4 is 0 Å². The summed E-state index contributed by atoms with van der Waals surface area (Å²) in [7, 11) is 0. The van der Waals surface area contributed by atoms with Crippen LogP contribution in [0.3, 0.4) is 0 Å².